The van der Waals surface area contributed by atoms with Gasteiger partial charge in [-0.3, -0.25) is 10.1 Å². The van der Waals surface area contributed by atoms with E-state index in [1.807, 2.05) is 30.3 Å². The van der Waals surface area contributed by atoms with E-state index in [0.717, 1.165) is 16.7 Å². The monoisotopic (exact) mass is 575 g/mol. The highest BCUT2D eigenvalue weighted by atomic mass is 35.5. The Balaban J connectivity index is 1.18. The van der Waals surface area contributed by atoms with Gasteiger partial charge >= 0.3 is 0 Å². The zero-order valence-electron chi connectivity index (χ0n) is 21.0. The highest BCUT2D eigenvalue weighted by Crippen LogP contribution is 2.34. The molecule has 2 heterocycles. The van der Waals surface area contributed by atoms with Crippen molar-refractivity contribution in [1.82, 2.24) is 10.3 Å². The SMILES string of the molecule is CC(C)c1ccc2oc(-c3ccc(NC(=S)NC(=O)C=Cc4ccc(-c5cccc(Cl)c5Cl)o4)cc3)nc2c1. The molecule has 5 rings (SSSR count). The number of aromatic nitrogens is 1. The lowest BCUT2D eigenvalue weighted by Gasteiger charge is -2.08. The number of thiocarbonyl (C=S) groups is 1. The van der Waals surface area contributed by atoms with Crippen molar-refractivity contribution in [1.29, 1.82) is 0 Å². The number of nitrogens with zero attached hydrogens (tertiary/aromatic N) is 1. The molecule has 0 atom stereocenters. The molecule has 0 aliphatic rings. The van der Waals surface area contributed by atoms with E-state index >= 15 is 0 Å². The summed E-state index contributed by atoms with van der Waals surface area (Å²) in [7, 11) is 0. The zero-order chi connectivity index (χ0) is 27.5. The van der Waals surface area contributed by atoms with Crippen molar-refractivity contribution in [2.24, 2.45) is 0 Å². The molecule has 39 heavy (non-hydrogen) atoms. The minimum Gasteiger partial charge on any atom is -0.457 e. The number of anilines is 1. The van der Waals surface area contributed by atoms with E-state index in [2.05, 4.69) is 41.6 Å². The molecular formula is C30H23Cl2N3O3S. The van der Waals surface area contributed by atoms with Gasteiger partial charge in [-0.1, -0.05) is 49.2 Å². The van der Waals surface area contributed by atoms with Gasteiger partial charge in [0.2, 0.25) is 11.8 Å². The van der Waals surface area contributed by atoms with Crippen molar-refractivity contribution in [3.63, 3.8) is 0 Å². The molecule has 0 unspecified atom stereocenters. The summed E-state index contributed by atoms with van der Waals surface area (Å²) in [5, 5.41) is 6.61. The van der Waals surface area contributed by atoms with E-state index < -0.39 is 5.91 Å². The van der Waals surface area contributed by atoms with Crippen LogP contribution in [0.4, 0.5) is 5.69 Å². The first-order chi connectivity index (χ1) is 18.8. The predicted octanol–water partition coefficient (Wildman–Crippen LogP) is 8.71. The normalized spacial score (nSPS) is 11.4. The van der Waals surface area contributed by atoms with Crippen molar-refractivity contribution in [3.8, 4) is 22.8 Å². The molecule has 0 fully saturated rings. The maximum Gasteiger partial charge on any atom is 0.250 e. The summed E-state index contributed by atoms with van der Waals surface area (Å²) in [6, 6.07) is 22.3. The van der Waals surface area contributed by atoms with Crippen LogP contribution in [0.5, 0.6) is 0 Å². The van der Waals surface area contributed by atoms with Crippen LogP contribution in [-0.2, 0) is 4.79 Å². The molecule has 3 aromatic carbocycles. The first-order valence-electron chi connectivity index (χ1n) is 12.1. The summed E-state index contributed by atoms with van der Waals surface area (Å²) in [4.78, 5) is 17.0. The molecule has 0 saturated carbocycles. The topological polar surface area (TPSA) is 80.3 Å². The van der Waals surface area contributed by atoms with Gasteiger partial charge in [-0.05, 0) is 90.4 Å². The number of carbonyl (C=O) groups is 1. The highest BCUT2D eigenvalue weighted by molar-refractivity contribution is 7.80. The lowest BCUT2D eigenvalue weighted by atomic mass is 10.0. The fraction of sp³-hybridized carbons (Fsp3) is 0.100. The number of furan rings is 1. The summed E-state index contributed by atoms with van der Waals surface area (Å²) < 4.78 is 11.7. The number of oxazole rings is 1. The molecule has 9 heteroatoms. The Morgan fingerprint density at radius 2 is 1.79 bits per heavy atom. The molecule has 2 aromatic heterocycles. The predicted molar refractivity (Wildman–Crippen MR) is 161 cm³/mol. The van der Waals surface area contributed by atoms with Gasteiger partial charge in [0.15, 0.2) is 10.7 Å². The van der Waals surface area contributed by atoms with E-state index in [-0.39, 0.29) is 5.11 Å². The summed E-state index contributed by atoms with van der Waals surface area (Å²) in [6.45, 7) is 4.29. The van der Waals surface area contributed by atoms with Crippen molar-refractivity contribution < 1.29 is 13.6 Å². The highest BCUT2D eigenvalue weighted by Gasteiger charge is 2.12. The van der Waals surface area contributed by atoms with Crippen LogP contribution in [0.15, 0.2) is 87.7 Å². The van der Waals surface area contributed by atoms with Crippen LogP contribution in [-0.4, -0.2) is 16.0 Å². The summed E-state index contributed by atoms with van der Waals surface area (Å²) in [5.41, 5.74) is 4.99. The second kappa shape index (κ2) is 11.5. The van der Waals surface area contributed by atoms with E-state index in [0.29, 0.717) is 44.6 Å². The Labute approximate surface area is 240 Å². The van der Waals surface area contributed by atoms with E-state index in [1.165, 1.54) is 11.6 Å². The van der Waals surface area contributed by atoms with Gasteiger partial charge in [-0.2, -0.15) is 0 Å². The Kier molecular flexibility index (Phi) is 7.84. The van der Waals surface area contributed by atoms with Gasteiger partial charge in [0.25, 0.3) is 0 Å². The number of hydrogen-bond donors (Lipinski definition) is 2. The fourth-order valence-corrected chi connectivity index (χ4v) is 4.49. The van der Waals surface area contributed by atoms with Crippen molar-refractivity contribution in [2.75, 3.05) is 5.32 Å². The Bertz CT molecular complexity index is 1700. The van der Waals surface area contributed by atoms with Gasteiger partial charge in [-0.15, -0.1) is 0 Å². The molecular weight excluding hydrogens is 553 g/mol. The third-order valence-corrected chi connectivity index (χ3v) is 6.97. The molecule has 0 aliphatic carbocycles. The average molecular weight is 577 g/mol. The summed E-state index contributed by atoms with van der Waals surface area (Å²) in [6.07, 6.45) is 2.87. The number of fused-ring (bicyclic) bond motifs is 1. The largest absolute Gasteiger partial charge is 0.457 e. The molecule has 196 valence electrons. The molecule has 0 saturated heterocycles. The zero-order valence-corrected chi connectivity index (χ0v) is 23.3. The molecule has 0 radical (unpaired) electrons. The van der Waals surface area contributed by atoms with E-state index in [1.54, 1.807) is 36.4 Å². The number of rotatable bonds is 6. The van der Waals surface area contributed by atoms with Gasteiger partial charge in [0.1, 0.15) is 17.0 Å². The Morgan fingerprint density at radius 1 is 1.00 bits per heavy atom. The quantitative estimate of drug-likeness (QED) is 0.156. The smallest absolute Gasteiger partial charge is 0.250 e. The van der Waals surface area contributed by atoms with Gasteiger partial charge < -0.3 is 14.2 Å². The first-order valence-corrected chi connectivity index (χ1v) is 13.3. The maximum atomic E-state index is 12.4. The van der Waals surface area contributed by atoms with Gasteiger partial charge in [0.05, 0.1) is 10.0 Å². The van der Waals surface area contributed by atoms with E-state index in [9.17, 15) is 4.79 Å². The lowest BCUT2D eigenvalue weighted by molar-refractivity contribution is -0.115. The number of amides is 1. The Morgan fingerprint density at radius 3 is 2.56 bits per heavy atom. The molecule has 0 spiro atoms. The molecule has 5 aromatic rings. The van der Waals surface area contributed by atoms with Gasteiger partial charge in [0, 0.05) is 22.9 Å². The van der Waals surface area contributed by atoms with Crippen molar-refractivity contribution >= 4 is 69.3 Å². The average Bonchev–Trinajstić information content (AvgIpc) is 3.56. The maximum absolute atomic E-state index is 12.4. The lowest BCUT2D eigenvalue weighted by Crippen LogP contribution is -2.32. The fourth-order valence-electron chi connectivity index (χ4n) is 3.88. The molecule has 6 nitrogen and oxygen atoms in total. The second-order valence-corrected chi connectivity index (χ2v) is 10.3. The van der Waals surface area contributed by atoms with Crippen LogP contribution in [0.1, 0.15) is 31.1 Å². The number of hydrogen-bond acceptors (Lipinski definition) is 5. The van der Waals surface area contributed by atoms with Crippen LogP contribution in [0.25, 0.3) is 40.0 Å². The summed E-state index contributed by atoms with van der Waals surface area (Å²) >= 11 is 17.6. The number of benzene rings is 3. The molecule has 0 bridgehead atoms. The van der Waals surface area contributed by atoms with Gasteiger partial charge in [-0.25, -0.2) is 4.98 Å². The van der Waals surface area contributed by atoms with Crippen molar-refractivity contribution in [2.45, 2.75) is 19.8 Å². The minimum absolute atomic E-state index is 0.159. The van der Waals surface area contributed by atoms with Crippen molar-refractivity contribution in [3.05, 3.63) is 100 Å². The first kappa shape index (κ1) is 26.7. The van der Waals surface area contributed by atoms with Crippen LogP contribution >= 0.6 is 35.4 Å². The number of carbonyl (C=O) groups excluding carboxylic acids is 1. The third-order valence-electron chi connectivity index (χ3n) is 5.95. The van der Waals surface area contributed by atoms with Crippen LogP contribution in [0.3, 0.4) is 0 Å². The minimum atomic E-state index is -0.407. The molecule has 1 amide bonds. The molecule has 2 N–H and O–H groups in total. The Hall–Kier alpha value is -3.91. The van der Waals surface area contributed by atoms with Crippen LogP contribution in [0.2, 0.25) is 10.0 Å². The number of nitrogens with one attached hydrogen (secondary N) is 2. The van der Waals surface area contributed by atoms with E-state index in [4.69, 9.17) is 44.3 Å². The van der Waals surface area contributed by atoms with Crippen LogP contribution in [0, 0.1) is 0 Å². The third kappa shape index (κ3) is 6.23. The standard InChI is InChI=1S/C30H23Cl2N3O3S/c1-17(2)19-8-13-26-24(16-19)34-29(38-26)18-6-9-20(10-7-18)33-30(39)35-27(36)15-12-21-11-14-25(37-21)22-4-3-5-23(31)28(22)32/h3-17H,1-2H3,(H2,33,35,36,39). The van der Waals surface area contributed by atoms with Crippen LogP contribution < -0.4 is 10.6 Å². The number of halogens is 2. The second-order valence-electron chi connectivity index (χ2n) is 9.06. The summed E-state index contributed by atoms with van der Waals surface area (Å²) in [5.74, 6) is 1.57. The molecule has 0 aliphatic heterocycles.